The van der Waals surface area contributed by atoms with Gasteiger partial charge in [-0.1, -0.05) is 0 Å². The molecule has 1 aromatic heterocycles. The first-order valence-electron chi connectivity index (χ1n) is 5.87. The van der Waals surface area contributed by atoms with Crippen LogP contribution in [0.15, 0.2) is 27.8 Å². The Hall–Kier alpha value is -0.100. The zero-order valence-corrected chi connectivity index (χ0v) is 12.1. The van der Waals surface area contributed by atoms with Gasteiger partial charge in [-0.25, -0.2) is 4.98 Å². The van der Waals surface area contributed by atoms with Gasteiger partial charge >= 0.3 is 0 Å². The fourth-order valence-corrected chi connectivity index (χ4v) is 2.71. The molecule has 1 saturated heterocycles. The van der Waals surface area contributed by atoms with Crippen LogP contribution in [-0.2, 0) is 4.74 Å². The molecule has 0 spiro atoms. The molecule has 5 heteroatoms. The quantitative estimate of drug-likeness (QED) is 0.646. The third-order valence-corrected chi connectivity index (χ3v) is 4.10. The van der Waals surface area contributed by atoms with Gasteiger partial charge in [-0.2, -0.15) is 0 Å². The number of aromatic nitrogens is 1. The summed E-state index contributed by atoms with van der Waals surface area (Å²) in [5, 5.41) is 4.55. The number of hydrogen-bond donors (Lipinski definition) is 1. The summed E-state index contributed by atoms with van der Waals surface area (Å²) >= 11 is 5.17. The molecular formula is C12H17BrN2OS. The van der Waals surface area contributed by atoms with Crippen LogP contribution in [0.2, 0.25) is 0 Å². The van der Waals surface area contributed by atoms with Crippen LogP contribution in [0.25, 0.3) is 0 Å². The van der Waals surface area contributed by atoms with E-state index in [4.69, 9.17) is 4.74 Å². The summed E-state index contributed by atoms with van der Waals surface area (Å²) in [7, 11) is 0. The van der Waals surface area contributed by atoms with Crippen molar-refractivity contribution in [1.82, 2.24) is 10.3 Å². The minimum atomic E-state index is 0.714. The molecule has 1 unspecified atom stereocenters. The lowest BCUT2D eigenvalue weighted by Gasteiger charge is -2.08. The molecule has 1 aromatic rings. The van der Waals surface area contributed by atoms with E-state index in [0.29, 0.717) is 5.92 Å². The van der Waals surface area contributed by atoms with Gasteiger partial charge in [0, 0.05) is 36.1 Å². The second kappa shape index (κ2) is 7.36. The van der Waals surface area contributed by atoms with Crippen molar-refractivity contribution in [3.63, 3.8) is 0 Å². The summed E-state index contributed by atoms with van der Waals surface area (Å²) in [5.74, 6) is 1.77. The first-order chi connectivity index (χ1) is 8.34. The fraction of sp³-hybridized carbons (Fsp3) is 0.583. The number of hydrogen-bond acceptors (Lipinski definition) is 4. The summed E-state index contributed by atoms with van der Waals surface area (Å²) in [5.41, 5.74) is 0. The Bertz CT molecular complexity index is 328. The molecule has 94 valence electrons. The monoisotopic (exact) mass is 316 g/mol. The van der Waals surface area contributed by atoms with E-state index >= 15 is 0 Å². The maximum Gasteiger partial charge on any atom is 0.0961 e. The molecule has 0 bridgehead atoms. The van der Waals surface area contributed by atoms with Gasteiger partial charge in [-0.05, 0) is 40.4 Å². The van der Waals surface area contributed by atoms with Crippen LogP contribution in [0.3, 0.4) is 0 Å². The first-order valence-corrected chi connectivity index (χ1v) is 7.65. The number of nitrogens with one attached hydrogen (secondary N) is 1. The number of ether oxygens (including phenoxy) is 1. The predicted octanol–water partition coefficient (Wildman–Crippen LogP) is 2.56. The number of halogens is 1. The highest BCUT2D eigenvalue weighted by Gasteiger charge is 2.14. The molecule has 0 aliphatic carbocycles. The Labute approximate surface area is 115 Å². The van der Waals surface area contributed by atoms with E-state index in [1.165, 1.54) is 6.42 Å². The summed E-state index contributed by atoms with van der Waals surface area (Å²) < 4.78 is 6.36. The highest BCUT2D eigenvalue weighted by atomic mass is 79.9. The van der Waals surface area contributed by atoms with Crippen molar-refractivity contribution in [3.8, 4) is 0 Å². The van der Waals surface area contributed by atoms with Gasteiger partial charge in [0.15, 0.2) is 0 Å². The van der Waals surface area contributed by atoms with Crippen LogP contribution in [0.5, 0.6) is 0 Å². The summed E-state index contributed by atoms with van der Waals surface area (Å²) in [6.45, 7) is 3.96. The molecule has 2 heterocycles. The van der Waals surface area contributed by atoms with Crippen LogP contribution in [0.4, 0.5) is 0 Å². The maximum absolute atomic E-state index is 5.33. The number of rotatable bonds is 6. The molecule has 0 radical (unpaired) electrons. The van der Waals surface area contributed by atoms with E-state index in [-0.39, 0.29) is 0 Å². The molecule has 1 aliphatic rings. The molecule has 0 aromatic carbocycles. The molecule has 1 fully saturated rings. The lowest BCUT2D eigenvalue weighted by Crippen LogP contribution is -2.25. The predicted molar refractivity (Wildman–Crippen MR) is 74.5 cm³/mol. The van der Waals surface area contributed by atoms with Crippen molar-refractivity contribution in [3.05, 3.63) is 22.8 Å². The number of pyridine rings is 1. The lowest BCUT2D eigenvalue weighted by molar-refractivity contribution is 0.185. The molecule has 0 amide bonds. The van der Waals surface area contributed by atoms with Gasteiger partial charge in [0.1, 0.15) is 0 Å². The van der Waals surface area contributed by atoms with Crippen LogP contribution < -0.4 is 5.32 Å². The van der Waals surface area contributed by atoms with E-state index in [9.17, 15) is 0 Å². The molecule has 17 heavy (non-hydrogen) atoms. The van der Waals surface area contributed by atoms with Crippen molar-refractivity contribution in [2.45, 2.75) is 11.4 Å². The lowest BCUT2D eigenvalue weighted by atomic mass is 10.1. The second-order valence-electron chi connectivity index (χ2n) is 4.10. The average Bonchev–Trinajstić information content (AvgIpc) is 2.84. The minimum Gasteiger partial charge on any atom is -0.381 e. The molecular weight excluding hydrogens is 300 g/mol. The topological polar surface area (TPSA) is 34.1 Å². The molecule has 1 atom stereocenters. The first kappa shape index (κ1) is 13.3. The van der Waals surface area contributed by atoms with Gasteiger partial charge < -0.3 is 10.1 Å². The van der Waals surface area contributed by atoms with Gasteiger partial charge in [0.2, 0.25) is 0 Å². The Morgan fingerprint density at radius 3 is 3.18 bits per heavy atom. The van der Waals surface area contributed by atoms with Crippen molar-refractivity contribution >= 4 is 27.7 Å². The second-order valence-corrected chi connectivity index (χ2v) is 6.13. The molecule has 2 rings (SSSR count). The van der Waals surface area contributed by atoms with E-state index in [0.717, 1.165) is 41.6 Å². The van der Waals surface area contributed by atoms with Crippen molar-refractivity contribution in [2.24, 2.45) is 5.92 Å². The zero-order valence-electron chi connectivity index (χ0n) is 9.69. The Morgan fingerprint density at radius 2 is 2.47 bits per heavy atom. The summed E-state index contributed by atoms with van der Waals surface area (Å²) in [4.78, 5) is 4.32. The highest BCUT2D eigenvalue weighted by Crippen LogP contribution is 2.17. The van der Waals surface area contributed by atoms with E-state index in [2.05, 4.69) is 26.2 Å². The van der Waals surface area contributed by atoms with Crippen LogP contribution in [-0.4, -0.2) is 37.0 Å². The summed E-state index contributed by atoms with van der Waals surface area (Å²) in [6.07, 6.45) is 3.04. The maximum atomic E-state index is 5.33. The largest absolute Gasteiger partial charge is 0.381 e. The smallest absolute Gasteiger partial charge is 0.0961 e. The van der Waals surface area contributed by atoms with Crippen LogP contribution in [0, 0.1) is 5.92 Å². The van der Waals surface area contributed by atoms with Gasteiger partial charge in [0.05, 0.1) is 11.6 Å². The Morgan fingerprint density at radius 1 is 1.53 bits per heavy atom. The highest BCUT2D eigenvalue weighted by molar-refractivity contribution is 9.10. The van der Waals surface area contributed by atoms with Crippen molar-refractivity contribution in [2.75, 3.05) is 32.1 Å². The number of thioether (sulfide) groups is 1. The van der Waals surface area contributed by atoms with Gasteiger partial charge in [-0.3, -0.25) is 0 Å². The summed E-state index contributed by atoms with van der Waals surface area (Å²) in [6, 6.07) is 4.07. The van der Waals surface area contributed by atoms with Crippen LogP contribution in [0.1, 0.15) is 6.42 Å². The number of nitrogens with zero attached hydrogens (tertiary/aromatic N) is 1. The van der Waals surface area contributed by atoms with E-state index in [1.807, 2.05) is 18.3 Å². The Kier molecular flexibility index (Phi) is 5.77. The standard InChI is InChI=1S/C12H17BrN2OS/c13-11-1-2-12(15-8-11)17-6-4-14-7-10-3-5-16-9-10/h1-2,8,10,14H,3-7,9H2. The minimum absolute atomic E-state index is 0.714. The molecule has 1 aliphatic heterocycles. The van der Waals surface area contributed by atoms with Gasteiger partial charge in [0.25, 0.3) is 0 Å². The van der Waals surface area contributed by atoms with E-state index in [1.54, 1.807) is 11.8 Å². The van der Waals surface area contributed by atoms with E-state index < -0.39 is 0 Å². The third kappa shape index (κ3) is 4.95. The third-order valence-electron chi connectivity index (χ3n) is 2.69. The normalized spacial score (nSPS) is 19.7. The fourth-order valence-electron chi connectivity index (χ4n) is 1.73. The van der Waals surface area contributed by atoms with Gasteiger partial charge in [-0.15, -0.1) is 11.8 Å². The SMILES string of the molecule is Brc1ccc(SCCNCC2CCOC2)nc1. The van der Waals surface area contributed by atoms with Crippen LogP contribution >= 0.6 is 27.7 Å². The Balaban J connectivity index is 1.55. The molecule has 3 nitrogen and oxygen atoms in total. The molecule has 1 N–H and O–H groups in total. The van der Waals surface area contributed by atoms with Crippen molar-refractivity contribution in [1.29, 1.82) is 0 Å². The van der Waals surface area contributed by atoms with Crippen molar-refractivity contribution < 1.29 is 4.74 Å². The molecule has 0 saturated carbocycles. The zero-order chi connectivity index (χ0) is 11.9. The average molecular weight is 317 g/mol.